The number of anilines is 1. The largest absolute Gasteiger partial charge is 0.322 e. The number of nitrogens with one attached hydrogen (secondary N) is 1. The highest BCUT2D eigenvalue weighted by Crippen LogP contribution is 2.36. The molecule has 4 heteroatoms. The number of benzene rings is 2. The Balaban J connectivity index is 1.58. The van der Waals surface area contributed by atoms with Gasteiger partial charge in [-0.25, -0.2) is 4.79 Å². The molecule has 1 heterocycles. The zero-order valence-electron chi connectivity index (χ0n) is 21.6. The van der Waals surface area contributed by atoms with Gasteiger partial charge >= 0.3 is 6.03 Å². The van der Waals surface area contributed by atoms with Gasteiger partial charge in [0.15, 0.2) is 0 Å². The monoisotopic (exact) mass is 469 g/mol. The van der Waals surface area contributed by atoms with E-state index in [0.29, 0.717) is 24.3 Å². The fraction of sp³-hybridized carbons (Fsp3) is 0.419. The number of urea groups is 1. The molecule has 1 saturated carbocycles. The summed E-state index contributed by atoms with van der Waals surface area (Å²) in [4.78, 5) is 20.3. The third-order valence-corrected chi connectivity index (χ3v) is 7.35. The van der Waals surface area contributed by atoms with Gasteiger partial charge in [-0.2, -0.15) is 0 Å². The van der Waals surface area contributed by atoms with Crippen LogP contribution in [0.25, 0.3) is 0 Å². The molecule has 0 bridgehead atoms. The minimum absolute atomic E-state index is 0.00739. The summed E-state index contributed by atoms with van der Waals surface area (Å²) in [6, 6.07) is 21.4. The highest BCUT2D eigenvalue weighted by atomic mass is 16.2. The molecule has 1 aromatic heterocycles. The lowest BCUT2D eigenvalue weighted by Gasteiger charge is -2.37. The van der Waals surface area contributed by atoms with Crippen LogP contribution in [0.3, 0.4) is 0 Å². The van der Waals surface area contributed by atoms with E-state index in [1.165, 1.54) is 16.7 Å². The van der Waals surface area contributed by atoms with Crippen molar-refractivity contribution in [3.05, 3.63) is 95.3 Å². The average molecular weight is 470 g/mol. The van der Waals surface area contributed by atoms with Crippen LogP contribution < -0.4 is 5.32 Å². The molecule has 0 radical (unpaired) electrons. The number of hydrogen-bond donors (Lipinski definition) is 1. The van der Waals surface area contributed by atoms with Crippen molar-refractivity contribution in [2.24, 2.45) is 0 Å². The molecule has 184 valence electrons. The molecule has 1 fully saturated rings. The molecule has 1 aliphatic carbocycles. The van der Waals surface area contributed by atoms with Crippen LogP contribution in [0.1, 0.15) is 93.4 Å². The number of carbonyl (C=O) groups is 1. The van der Waals surface area contributed by atoms with Crippen molar-refractivity contribution in [3.8, 4) is 0 Å². The minimum atomic E-state index is -0.00739. The van der Waals surface area contributed by atoms with Crippen molar-refractivity contribution in [1.82, 2.24) is 9.88 Å². The van der Waals surface area contributed by atoms with Crippen LogP contribution in [0.5, 0.6) is 0 Å². The van der Waals surface area contributed by atoms with Crippen LogP contribution in [0, 0.1) is 0 Å². The number of para-hydroxylation sites is 1. The van der Waals surface area contributed by atoms with Crippen LogP contribution in [0.15, 0.2) is 73.1 Å². The molecular weight excluding hydrogens is 430 g/mol. The Hall–Kier alpha value is -3.14. The molecule has 2 amide bonds. The molecular formula is C31H39N3O. The van der Waals surface area contributed by atoms with Crippen molar-refractivity contribution in [2.75, 3.05) is 5.32 Å². The number of amides is 2. The highest BCUT2D eigenvalue weighted by molar-refractivity contribution is 5.91. The second-order valence-electron chi connectivity index (χ2n) is 10.5. The average Bonchev–Trinajstić information content (AvgIpc) is 2.88. The van der Waals surface area contributed by atoms with Crippen LogP contribution in [-0.2, 0) is 6.54 Å². The summed E-state index contributed by atoms with van der Waals surface area (Å²) in [7, 11) is 0. The zero-order valence-corrected chi connectivity index (χ0v) is 21.6. The summed E-state index contributed by atoms with van der Waals surface area (Å²) >= 11 is 0. The van der Waals surface area contributed by atoms with Crippen molar-refractivity contribution in [3.63, 3.8) is 0 Å². The van der Waals surface area contributed by atoms with Gasteiger partial charge in [0.25, 0.3) is 0 Å². The van der Waals surface area contributed by atoms with E-state index in [4.69, 9.17) is 0 Å². The fourth-order valence-electron chi connectivity index (χ4n) is 5.38. The predicted octanol–water partition coefficient (Wildman–Crippen LogP) is 8.09. The summed E-state index contributed by atoms with van der Waals surface area (Å²) in [5.41, 5.74) is 5.85. The smallest absolute Gasteiger partial charge is 0.317 e. The Labute approximate surface area is 210 Å². The second-order valence-corrected chi connectivity index (χ2v) is 10.5. The molecule has 1 aliphatic rings. The first-order valence-corrected chi connectivity index (χ1v) is 13.1. The standard InChI is InChI=1S/C31H39N3O/c1-22(2)28-13-8-14-29(23(3)4)30(28)33-31(35)34(21-24-10-9-19-32-20-24)27-17-15-26(16-18-27)25-11-6-5-7-12-25/h5-14,19-20,22-23,26-27H,15-18,21H2,1-4H3,(H,33,35)/t26-,27-. The van der Waals surface area contributed by atoms with Crippen LogP contribution >= 0.6 is 0 Å². The van der Waals surface area contributed by atoms with Gasteiger partial charge in [0, 0.05) is 30.7 Å². The van der Waals surface area contributed by atoms with Crippen molar-refractivity contribution in [2.45, 2.75) is 83.7 Å². The van der Waals surface area contributed by atoms with E-state index in [1.54, 1.807) is 6.20 Å². The number of aromatic nitrogens is 1. The molecule has 3 aromatic rings. The van der Waals surface area contributed by atoms with Gasteiger partial charge in [0.1, 0.15) is 0 Å². The van der Waals surface area contributed by atoms with E-state index < -0.39 is 0 Å². The normalized spacial score (nSPS) is 18.0. The minimum Gasteiger partial charge on any atom is -0.317 e. The van der Waals surface area contributed by atoms with Crippen LogP contribution in [0.4, 0.5) is 10.5 Å². The van der Waals surface area contributed by atoms with E-state index in [2.05, 4.69) is 97.5 Å². The number of carbonyl (C=O) groups excluding carboxylic acids is 1. The third kappa shape index (κ3) is 6.11. The lowest BCUT2D eigenvalue weighted by atomic mass is 9.81. The van der Waals surface area contributed by atoms with E-state index >= 15 is 0 Å². The van der Waals surface area contributed by atoms with Gasteiger partial charge in [-0.3, -0.25) is 4.98 Å². The third-order valence-electron chi connectivity index (χ3n) is 7.35. The summed E-state index contributed by atoms with van der Waals surface area (Å²) in [5, 5.41) is 3.37. The van der Waals surface area contributed by atoms with Gasteiger partial charge in [-0.15, -0.1) is 0 Å². The Kier molecular flexibility index (Phi) is 8.22. The van der Waals surface area contributed by atoms with E-state index in [1.807, 2.05) is 12.3 Å². The molecule has 35 heavy (non-hydrogen) atoms. The summed E-state index contributed by atoms with van der Waals surface area (Å²) in [6.07, 6.45) is 7.88. The van der Waals surface area contributed by atoms with Crippen LogP contribution in [0.2, 0.25) is 0 Å². The maximum absolute atomic E-state index is 13.9. The first-order chi connectivity index (χ1) is 16.9. The van der Waals surface area contributed by atoms with Crippen LogP contribution in [-0.4, -0.2) is 22.0 Å². The molecule has 4 nitrogen and oxygen atoms in total. The number of hydrogen-bond acceptors (Lipinski definition) is 2. The zero-order chi connectivity index (χ0) is 24.8. The molecule has 1 N–H and O–H groups in total. The Morgan fingerprint density at radius 1 is 0.886 bits per heavy atom. The maximum atomic E-state index is 13.9. The molecule has 2 aromatic carbocycles. The summed E-state index contributed by atoms with van der Waals surface area (Å²) < 4.78 is 0. The maximum Gasteiger partial charge on any atom is 0.322 e. The first-order valence-electron chi connectivity index (χ1n) is 13.1. The van der Waals surface area contributed by atoms with Crippen molar-refractivity contribution < 1.29 is 4.79 Å². The van der Waals surface area contributed by atoms with E-state index in [9.17, 15) is 4.79 Å². The Bertz CT molecular complexity index is 1060. The fourth-order valence-corrected chi connectivity index (χ4v) is 5.38. The highest BCUT2D eigenvalue weighted by Gasteiger charge is 2.30. The van der Waals surface area contributed by atoms with Crippen molar-refractivity contribution >= 4 is 11.7 Å². The predicted molar refractivity (Wildman–Crippen MR) is 145 cm³/mol. The summed E-state index contributed by atoms with van der Waals surface area (Å²) in [6.45, 7) is 9.32. The Morgan fingerprint density at radius 3 is 2.11 bits per heavy atom. The van der Waals surface area contributed by atoms with Gasteiger partial charge in [-0.05, 0) is 71.8 Å². The molecule has 0 aliphatic heterocycles. The second kappa shape index (κ2) is 11.5. The van der Waals surface area contributed by atoms with Gasteiger partial charge in [0.2, 0.25) is 0 Å². The lowest BCUT2D eigenvalue weighted by molar-refractivity contribution is 0.158. The topological polar surface area (TPSA) is 45.2 Å². The molecule has 0 spiro atoms. The van der Waals surface area contributed by atoms with E-state index in [0.717, 1.165) is 36.9 Å². The number of rotatable bonds is 7. The van der Waals surface area contributed by atoms with Crippen molar-refractivity contribution in [1.29, 1.82) is 0 Å². The summed E-state index contributed by atoms with van der Waals surface area (Å²) in [5.74, 6) is 1.24. The number of pyridine rings is 1. The number of nitrogens with zero attached hydrogens (tertiary/aromatic N) is 2. The SMILES string of the molecule is CC(C)c1cccc(C(C)C)c1NC(=O)N(Cc1cccnc1)[C@H]1CC[C@H](c2ccccc2)CC1. The first kappa shape index (κ1) is 25.0. The molecule has 0 unspecified atom stereocenters. The lowest BCUT2D eigenvalue weighted by Crippen LogP contribution is -2.44. The quantitative estimate of drug-likeness (QED) is 0.380. The molecule has 0 atom stereocenters. The molecule has 4 rings (SSSR count). The van der Waals surface area contributed by atoms with Gasteiger partial charge in [0.05, 0.1) is 0 Å². The molecule has 0 saturated heterocycles. The van der Waals surface area contributed by atoms with Gasteiger partial charge in [-0.1, -0.05) is 82.3 Å². The van der Waals surface area contributed by atoms with Gasteiger partial charge < -0.3 is 10.2 Å². The van der Waals surface area contributed by atoms with E-state index in [-0.39, 0.29) is 12.1 Å². The Morgan fingerprint density at radius 2 is 1.54 bits per heavy atom.